The molecule has 1 N–H and O–H groups in total. The Hall–Kier alpha value is -2.69. The molecule has 0 aliphatic heterocycles. The summed E-state index contributed by atoms with van der Waals surface area (Å²) in [7, 11) is 0. The molecule has 2 aromatic heterocycles. The number of aromatic nitrogens is 3. The van der Waals surface area contributed by atoms with Crippen molar-refractivity contribution in [2.75, 3.05) is 0 Å². The molecule has 0 unspecified atom stereocenters. The number of fused-ring (bicyclic) bond motifs is 1. The molecule has 0 aliphatic carbocycles. The van der Waals surface area contributed by atoms with Gasteiger partial charge in [0.2, 0.25) is 0 Å². The highest BCUT2D eigenvalue weighted by molar-refractivity contribution is 5.89. The third kappa shape index (κ3) is 1.62. The molecule has 2 heterocycles. The van der Waals surface area contributed by atoms with Crippen LogP contribution >= 0.6 is 0 Å². The second-order valence-electron chi connectivity index (χ2n) is 3.82. The van der Waals surface area contributed by atoms with Crippen molar-refractivity contribution in [3.63, 3.8) is 0 Å². The van der Waals surface area contributed by atoms with Crippen LogP contribution < -0.4 is 0 Å². The van der Waals surface area contributed by atoms with Crippen LogP contribution in [-0.2, 0) is 0 Å². The summed E-state index contributed by atoms with van der Waals surface area (Å²) in [6.45, 7) is 0. The lowest BCUT2D eigenvalue weighted by Crippen LogP contribution is -1.98. The van der Waals surface area contributed by atoms with Crippen molar-refractivity contribution in [2.45, 2.75) is 0 Å². The van der Waals surface area contributed by atoms with Gasteiger partial charge in [-0.05, 0) is 18.2 Å². The molecular formula is C13H9N3O2. The Morgan fingerprint density at radius 1 is 1.17 bits per heavy atom. The number of aromatic carboxylic acids is 1. The monoisotopic (exact) mass is 239 g/mol. The van der Waals surface area contributed by atoms with Gasteiger partial charge in [0.15, 0.2) is 5.65 Å². The van der Waals surface area contributed by atoms with Crippen LogP contribution in [0.3, 0.4) is 0 Å². The van der Waals surface area contributed by atoms with E-state index in [1.807, 2.05) is 6.07 Å². The fourth-order valence-corrected chi connectivity index (χ4v) is 1.86. The first-order valence-electron chi connectivity index (χ1n) is 5.38. The predicted octanol–water partition coefficient (Wildman–Crippen LogP) is 2.09. The van der Waals surface area contributed by atoms with Crippen LogP contribution in [0.4, 0.5) is 0 Å². The fraction of sp³-hybridized carbons (Fsp3) is 0. The van der Waals surface area contributed by atoms with Gasteiger partial charge in [-0.1, -0.05) is 12.1 Å². The average molecular weight is 239 g/mol. The van der Waals surface area contributed by atoms with E-state index in [0.29, 0.717) is 0 Å². The van der Waals surface area contributed by atoms with E-state index in [0.717, 1.165) is 16.9 Å². The number of hydrogen-bond donors (Lipinski definition) is 1. The van der Waals surface area contributed by atoms with Crippen LogP contribution in [-0.4, -0.2) is 25.7 Å². The molecule has 0 radical (unpaired) electrons. The van der Waals surface area contributed by atoms with E-state index in [1.54, 1.807) is 47.2 Å². The Morgan fingerprint density at radius 2 is 2.06 bits per heavy atom. The fourth-order valence-electron chi connectivity index (χ4n) is 1.86. The maximum absolute atomic E-state index is 11.0. The number of hydrogen-bond acceptors (Lipinski definition) is 3. The quantitative estimate of drug-likeness (QED) is 0.743. The first-order chi connectivity index (χ1) is 8.75. The van der Waals surface area contributed by atoms with Crippen molar-refractivity contribution < 1.29 is 9.90 Å². The highest BCUT2D eigenvalue weighted by atomic mass is 16.4. The van der Waals surface area contributed by atoms with Gasteiger partial charge in [-0.15, -0.1) is 0 Å². The molecule has 5 heteroatoms. The van der Waals surface area contributed by atoms with Gasteiger partial charge in [-0.3, -0.25) is 0 Å². The van der Waals surface area contributed by atoms with Crippen molar-refractivity contribution in [3.8, 4) is 11.3 Å². The molecule has 0 amide bonds. The lowest BCUT2D eigenvalue weighted by atomic mass is 10.1. The van der Waals surface area contributed by atoms with Crippen LogP contribution in [0, 0.1) is 0 Å². The number of carbonyl (C=O) groups is 1. The minimum atomic E-state index is -0.942. The van der Waals surface area contributed by atoms with Gasteiger partial charge in [0, 0.05) is 17.8 Å². The van der Waals surface area contributed by atoms with Gasteiger partial charge in [0.05, 0.1) is 17.5 Å². The Balaban J connectivity index is 2.23. The molecule has 0 bridgehead atoms. The second kappa shape index (κ2) is 3.96. The van der Waals surface area contributed by atoms with Gasteiger partial charge < -0.3 is 5.11 Å². The first-order valence-corrected chi connectivity index (χ1v) is 5.38. The van der Waals surface area contributed by atoms with Crippen LogP contribution in [0.1, 0.15) is 10.4 Å². The molecule has 0 saturated carbocycles. The van der Waals surface area contributed by atoms with Crippen LogP contribution in [0.15, 0.2) is 48.8 Å². The molecule has 88 valence electrons. The standard InChI is InChI=1S/C13H9N3O2/c17-13(18)10-3-1-2-9(8-10)11-4-6-14-12-5-7-15-16(11)12/h1-8H,(H,17,18). The number of benzene rings is 1. The van der Waals surface area contributed by atoms with Crippen LogP contribution in [0.5, 0.6) is 0 Å². The molecule has 0 aliphatic rings. The second-order valence-corrected chi connectivity index (χ2v) is 3.82. The number of carboxylic acid groups (broad SMARTS) is 1. The predicted molar refractivity (Wildman–Crippen MR) is 65.4 cm³/mol. The molecule has 5 nitrogen and oxygen atoms in total. The summed E-state index contributed by atoms with van der Waals surface area (Å²) in [5.41, 5.74) is 2.59. The van der Waals surface area contributed by atoms with Crippen molar-refractivity contribution in [1.29, 1.82) is 0 Å². The molecule has 1 aromatic carbocycles. The van der Waals surface area contributed by atoms with Gasteiger partial charge in [-0.25, -0.2) is 14.3 Å². The Morgan fingerprint density at radius 3 is 2.89 bits per heavy atom. The van der Waals surface area contributed by atoms with Gasteiger partial charge in [0.25, 0.3) is 0 Å². The van der Waals surface area contributed by atoms with Crippen molar-refractivity contribution >= 4 is 11.6 Å². The molecule has 0 saturated heterocycles. The first kappa shape index (κ1) is 10.5. The largest absolute Gasteiger partial charge is 0.478 e. The molecule has 3 rings (SSSR count). The number of rotatable bonds is 2. The van der Waals surface area contributed by atoms with Crippen LogP contribution in [0.2, 0.25) is 0 Å². The summed E-state index contributed by atoms with van der Waals surface area (Å²) < 4.78 is 1.68. The summed E-state index contributed by atoms with van der Waals surface area (Å²) in [4.78, 5) is 15.1. The van der Waals surface area contributed by atoms with E-state index in [1.165, 1.54) is 0 Å². The van der Waals surface area contributed by atoms with E-state index in [4.69, 9.17) is 5.11 Å². The van der Waals surface area contributed by atoms with Crippen molar-refractivity contribution in [1.82, 2.24) is 14.6 Å². The Labute approximate surface area is 102 Å². The topological polar surface area (TPSA) is 67.5 Å². The minimum absolute atomic E-state index is 0.254. The molecular weight excluding hydrogens is 230 g/mol. The summed E-state index contributed by atoms with van der Waals surface area (Å²) in [5.74, 6) is -0.942. The number of nitrogens with zero attached hydrogens (tertiary/aromatic N) is 3. The number of carboxylic acids is 1. The molecule has 3 aromatic rings. The normalized spacial score (nSPS) is 10.7. The molecule has 0 fully saturated rings. The van der Waals surface area contributed by atoms with E-state index < -0.39 is 5.97 Å². The van der Waals surface area contributed by atoms with Crippen molar-refractivity contribution in [2.24, 2.45) is 0 Å². The third-order valence-corrected chi connectivity index (χ3v) is 2.70. The summed E-state index contributed by atoms with van der Waals surface area (Å²) in [5, 5.41) is 13.2. The summed E-state index contributed by atoms with van der Waals surface area (Å²) in [6.07, 6.45) is 3.34. The highest BCUT2D eigenvalue weighted by Crippen LogP contribution is 2.20. The van der Waals surface area contributed by atoms with E-state index in [9.17, 15) is 4.79 Å². The zero-order chi connectivity index (χ0) is 12.5. The Bertz CT molecular complexity index is 734. The van der Waals surface area contributed by atoms with Gasteiger partial charge in [-0.2, -0.15) is 5.10 Å². The molecule has 0 atom stereocenters. The zero-order valence-electron chi connectivity index (χ0n) is 9.32. The van der Waals surface area contributed by atoms with E-state index in [2.05, 4.69) is 10.1 Å². The maximum Gasteiger partial charge on any atom is 0.335 e. The average Bonchev–Trinajstić information content (AvgIpc) is 2.87. The highest BCUT2D eigenvalue weighted by Gasteiger charge is 2.08. The van der Waals surface area contributed by atoms with Gasteiger partial charge in [0.1, 0.15) is 0 Å². The SMILES string of the molecule is O=C(O)c1cccc(-c2ccnc3ccnn23)c1. The van der Waals surface area contributed by atoms with Gasteiger partial charge >= 0.3 is 5.97 Å². The van der Waals surface area contributed by atoms with E-state index >= 15 is 0 Å². The maximum atomic E-state index is 11.0. The van der Waals surface area contributed by atoms with Crippen molar-refractivity contribution in [3.05, 3.63) is 54.4 Å². The lowest BCUT2D eigenvalue weighted by Gasteiger charge is -2.05. The van der Waals surface area contributed by atoms with E-state index in [-0.39, 0.29) is 5.56 Å². The lowest BCUT2D eigenvalue weighted by molar-refractivity contribution is 0.0697. The third-order valence-electron chi connectivity index (χ3n) is 2.70. The zero-order valence-corrected chi connectivity index (χ0v) is 9.32. The summed E-state index contributed by atoms with van der Waals surface area (Å²) >= 11 is 0. The van der Waals surface area contributed by atoms with Crippen LogP contribution in [0.25, 0.3) is 16.9 Å². The summed E-state index contributed by atoms with van der Waals surface area (Å²) in [6, 6.07) is 10.4. The smallest absolute Gasteiger partial charge is 0.335 e. The molecule has 0 spiro atoms. The molecule has 18 heavy (non-hydrogen) atoms. The Kier molecular flexibility index (Phi) is 2.30. The minimum Gasteiger partial charge on any atom is -0.478 e.